The van der Waals surface area contributed by atoms with Crippen LogP contribution in [0.2, 0.25) is 0 Å². The Morgan fingerprint density at radius 2 is 0.627 bits per heavy atom. The summed E-state index contributed by atoms with van der Waals surface area (Å²) in [5, 5.41) is 14.7. The monoisotopic (exact) mass is 1470 g/mol. The molecule has 0 saturated heterocycles. The molecule has 582 valence electrons. The van der Waals surface area contributed by atoms with Crippen LogP contribution in [0, 0.1) is 23.7 Å². The number of ether oxygens (including phenoxy) is 2. The van der Waals surface area contributed by atoms with Gasteiger partial charge in [-0.25, -0.2) is 0 Å². The summed E-state index contributed by atoms with van der Waals surface area (Å²) in [4.78, 5) is 148. The number of Topliss-reactive ketones (excluding diaryl/α,β-unsaturated/α-hetero) is 3. The van der Waals surface area contributed by atoms with E-state index >= 15 is 0 Å². The van der Waals surface area contributed by atoms with E-state index in [4.69, 9.17) is 101 Å². The van der Waals surface area contributed by atoms with Crippen LogP contribution in [0.4, 0.5) is 0 Å². The zero-order chi connectivity index (χ0) is 76.8. The molecule has 0 bridgehead atoms. The number of hydrogen-bond donors (Lipinski definition) is 22. The molecule has 39 nitrogen and oxygen atoms in total. The summed E-state index contributed by atoms with van der Waals surface area (Å²) in [7, 11) is 1.51. The number of ketones is 3. The predicted molar refractivity (Wildman–Crippen MR) is 402 cm³/mol. The Morgan fingerprint density at radius 1 is 0.333 bits per heavy atom. The molecule has 0 aliphatic rings. The number of carbonyl (C=O) groups excluding carboxylic acids is 8. The van der Waals surface area contributed by atoms with E-state index in [-0.39, 0.29) is 227 Å². The summed E-state index contributed by atoms with van der Waals surface area (Å²) < 4.78 is 10.4. The van der Waals surface area contributed by atoms with Crippen molar-refractivity contribution in [2.24, 2.45) is 155 Å². The van der Waals surface area contributed by atoms with Crippen LogP contribution in [0.5, 0.6) is 0 Å². The molecule has 0 aromatic rings. The minimum Gasteiger partial charge on any atom is -0.382 e. The molecule has 102 heavy (non-hydrogen) atoms. The number of methoxy groups -OCH3 is 1. The normalized spacial score (nSPS) is 13.5. The molecule has 0 heterocycles. The predicted octanol–water partition coefficient (Wildman–Crippen LogP) is -5.65. The lowest BCUT2D eigenvalue weighted by Crippen LogP contribution is -2.48. The third kappa shape index (κ3) is 48.5. The van der Waals surface area contributed by atoms with Crippen molar-refractivity contribution in [1.29, 1.82) is 0 Å². The molecule has 0 aromatic heterocycles. The summed E-state index contributed by atoms with van der Waals surface area (Å²) in [5.41, 5.74) is 90.1. The Hall–Kier alpha value is -9.21. The van der Waals surface area contributed by atoms with Crippen LogP contribution in [-0.4, -0.2) is 210 Å². The number of aliphatic imine (C=N–C) groups is 8. The topological polar surface area (TPSA) is 730 Å². The van der Waals surface area contributed by atoms with E-state index < -0.39 is 95.2 Å². The van der Waals surface area contributed by atoms with Gasteiger partial charge in [-0.2, -0.15) is 12.6 Å². The molecule has 0 radical (unpaired) electrons. The second-order valence-corrected chi connectivity index (χ2v) is 24.9. The summed E-state index contributed by atoms with van der Waals surface area (Å²) in [6.45, 7) is 3.73. The molecular weight excluding hydrogens is 1340 g/mol. The second-order valence-electron chi connectivity index (χ2n) is 24.6. The molecule has 9 atom stereocenters. The first-order valence-electron chi connectivity index (χ1n) is 34.6. The number of nitrogens with zero attached hydrogens (tertiary/aromatic N) is 8. The average molecular weight is 1470 g/mol. The van der Waals surface area contributed by atoms with Gasteiger partial charge < -0.3 is 128 Å². The highest BCUT2D eigenvalue weighted by atomic mass is 32.1. The van der Waals surface area contributed by atoms with Gasteiger partial charge in [0.05, 0.1) is 37.9 Å². The van der Waals surface area contributed by atoms with Crippen molar-refractivity contribution in [3.05, 3.63) is 0 Å². The van der Waals surface area contributed by atoms with Gasteiger partial charge >= 0.3 is 0 Å². The van der Waals surface area contributed by atoms with Gasteiger partial charge in [0.25, 0.3) is 0 Å². The van der Waals surface area contributed by atoms with Crippen molar-refractivity contribution in [3.63, 3.8) is 0 Å². The van der Waals surface area contributed by atoms with E-state index in [0.717, 1.165) is 0 Å². The Kier molecular flexibility index (Phi) is 51.3. The van der Waals surface area contributed by atoms with Gasteiger partial charge in [-0.1, -0.05) is 6.92 Å². The summed E-state index contributed by atoms with van der Waals surface area (Å²) in [5.74, 6) is -9.42. The van der Waals surface area contributed by atoms with Crippen molar-refractivity contribution in [2.75, 3.05) is 85.0 Å². The molecule has 0 saturated carbocycles. The molecular formula is C62H123N29O10S. The molecule has 0 aromatic carbocycles. The van der Waals surface area contributed by atoms with E-state index in [9.17, 15) is 38.4 Å². The summed E-state index contributed by atoms with van der Waals surface area (Å²) in [6.07, 6.45) is 3.56. The van der Waals surface area contributed by atoms with E-state index in [1.54, 1.807) is 0 Å². The van der Waals surface area contributed by atoms with Gasteiger partial charge in [-0.05, 0) is 122 Å². The smallest absolute Gasteiger partial charge is 0.224 e. The Morgan fingerprint density at radius 3 is 0.961 bits per heavy atom. The number of guanidine groups is 8. The SMILES string of the molecule is CC[C@@H](CCCN=C(N)N)NC(=O)[C@@H](CCCN=C(N)N)CC(=O)[C@@H](CCCN=C(N)N)NC(=O)[C@@H](CCCN=C(N)N)CC[C@@H](CCCN=C(N)N)NC(=O)[C@@H](CCCN=C(N)N)CC(=O)[C@@H](CCCN=C(N)N)NC(=O)[C@@H](CCCN=C(N)N)CC(=O)[C@@H](CS)NC(=O)CCOCCOC. The quantitative estimate of drug-likeness (QED) is 0.0117. The molecule has 0 aliphatic carbocycles. The molecule has 0 rings (SSSR count). The Labute approximate surface area is 604 Å². The molecule has 0 aliphatic heterocycles. The summed E-state index contributed by atoms with van der Waals surface area (Å²) in [6, 6.07) is -4.45. The third-order valence-electron chi connectivity index (χ3n) is 16.0. The maximum Gasteiger partial charge on any atom is 0.224 e. The van der Waals surface area contributed by atoms with Gasteiger partial charge in [0, 0.05) is 127 Å². The number of nitrogens with two attached hydrogens (primary N) is 16. The second kappa shape index (κ2) is 56.4. The lowest BCUT2D eigenvalue weighted by molar-refractivity contribution is -0.135. The molecule has 0 fully saturated rings. The Balaban J connectivity index is 7.62. The molecule has 40 heteroatoms. The number of nitrogens with one attached hydrogen (secondary N) is 5. The van der Waals surface area contributed by atoms with Crippen molar-refractivity contribution >= 4 is 107 Å². The number of rotatable bonds is 61. The van der Waals surface area contributed by atoms with Crippen molar-refractivity contribution in [3.8, 4) is 0 Å². The number of thiol groups is 1. The van der Waals surface area contributed by atoms with E-state index in [0.29, 0.717) is 51.7 Å². The maximum absolute atomic E-state index is 15.0. The van der Waals surface area contributed by atoms with Crippen LogP contribution in [0.25, 0.3) is 0 Å². The van der Waals surface area contributed by atoms with Crippen LogP contribution >= 0.6 is 12.6 Å². The zero-order valence-electron chi connectivity index (χ0n) is 59.8. The van der Waals surface area contributed by atoms with Crippen LogP contribution in [0.15, 0.2) is 39.9 Å². The number of carbonyl (C=O) groups is 8. The number of amides is 5. The van der Waals surface area contributed by atoms with Crippen molar-refractivity contribution < 1.29 is 47.8 Å². The van der Waals surface area contributed by atoms with Crippen molar-refractivity contribution in [1.82, 2.24) is 26.6 Å². The van der Waals surface area contributed by atoms with E-state index in [2.05, 4.69) is 79.2 Å². The van der Waals surface area contributed by atoms with Gasteiger partial charge in [0.15, 0.2) is 65.0 Å². The van der Waals surface area contributed by atoms with Crippen molar-refractivity contribution in [2.45, 2.75) is 185 Å². The Bertz CT molecular complexity index is 2740. The number of hydrogen-bond acceptors (Lipinski definition) is 19. The first-order chi connectivity index (χ1) is 48.4. The van der Waals surface area contributed by atoms with Gasteiger partial charge in [0.2, 0.25) is 29.5 Å². The standard InChI is InChI=1S/C62H123N29O10S/c1-3-42(16-8-27-83-59(71)72)87-52(97)39(13-5-24-80-56(65)66)34-47(92)44(18-10-29-85-61(75)76)90-51(96)38(12-4-23-79-55(63)64)20-21-43(17-9-28-84-60(73)74)88-53(98)40(14-6-25-81-57(67)68)35-48(93)45(19-11-30-86-62(77)78)91-54(99)41(15-7-26-82-58(69)70)36-49(94)46(37-102)89-50(95)22-31-101-33-32-100-2/h38-46,102H,3-37H2,1-2H3,(H,87,97)(H,88,98)(H,89,95)(H,90,96)(H,91,99)(H4,63,64,79)(H4,65,66,80)(H4,67,68,81)(H4,69,70,82)(H4,71,72,83)(H4,73,74,84)(H4,75,76,85)(H4,77,78,86)/t38-,39-,40-,41-,42-,43+,44+,45+,46+/m0/s1. The molecule has 0 spiro atoms. The van der Waals surface area contributed by atoms with Crippen LogP contribution < -0.4 is 118 Å². The van der Waals surface area contributed by atoms with Gasteiger partial charge in [0.1, 0.15) is 0 Å². The fraction of sp³-hybridized carbons (Fsp3) is 0.742. The highest BCUT2D eigenvalue weighted by molar-refractivity contribution is 7.80. The first-order valence-corrected chi connectivity index (χ1v) is 35.3. The fourth-order valence-corrected chi connectivity index (χ4v) is 10.9. The summed E-state index contributed by atoms with van der Waals surface area (Å²) >= 11 is 4.32. The van der Waals surface area contributed by atoms with E-state index in [1.165, 1.54) is 7.11 Å². The van der Waals surface area contributed by atoms with Crippen LogP contribution in [0.3, 0.4) is 0 Å². The fourth-order valence-electron chi connectivity index (χ4n) is 10.6. The highest BCUT2D eigenvalue weighted by Gasteiger charge is 2.34. The average Bonchev–Trinajstić information content (AvgIpc) is 0.871. The van der Waals surface area contributed by atoms with Gasteiger partial charge in [-0.15, -0.1) is 0 Å². The van der Waals surface area contributed by atoms with Crippen LogP contribution in [0.1, 0.15) is 155 Å². The lowest BCUT2D eigenvalue weighted by Gasteiger charge is -2.27. The zero-order valence-corrected chi connectivity index (χ0v) is 60.7. The molecule has 37 N–H and O–H groups in total. The largest absolute Gasteiger partial charge is 0.382 e. The van der Waals surface area contributed by atoms with Gasteiger partial charge in [-0.3, -0.25) is 78.3 Å². The molecule has 5 amide bonds. The lowest BCUT2D eigenvalue weighted by atomic mass is 9.89. The molecule has 0 unspecified atom stereocenters. The minimum absolute atomic E-state index is 0.0114. The minimum atomic E-state index is -1.25. The maximum atomic E-state index is 15.0. The van der Waals surface area contributed by atoms with Crippen LogP contribution in [-0.2, 0) is 47.8 Å². The highest BCUT2D eigenvalue weighted by Crippen LogP contribution is 2.24. The first kappa shape index (κ1) is 92.8. The third-order valence-corrected chi connectivity index (χ3v) is 16.4. The van der Waals surface area contributed by atoms with E-state index in [1.807, 2.05) is 6.92 Å².